The van der Waals surface area contributed by atoms with Crippen LogP contribution in [0.3, 0.4) is 0 Å². The lowest BCUT2D eigenvalue weighted by molar-refractivity contribution is 0.256. The predicted molar refractivity (Wildman–Crippen MR) is 143 cm³/mol. The number of hydrogen-bond acceptors (Lipinski definition) is 3. The molecule has 2 rings (SSSR count). The van der Waals surface area contributed by atoms with Gasteiger partial charge < -0.3 is 8.85 Å². The van der Waals surface area contributed by atoms with Crippen molar-refractivity contribution < 1.29 is 8.85 Å². The minimum Gasteiger partial charge on any atom is -0.518 e. The fourth-order valence-corrected chi connectivity index (χ4v) is 5.48. The Morgan fingerprint density at radius 3 is 2.25 bits per heavy atom. The first-order chi connectivity index (χ1) is 15.0. The Labute approximate surface area is 204 Å². The van der Waals surface area contributed by atoms with Crippen LogP contribution in [0.15, 0.2) is 47.4 Å². The molecule has 2 nitrogen and oxygen atoms in total. The van der Waals surface area contributed by atoms with Crippen LogP contribution in [0.1, 0.15) is 90.8 Å². The summed E-state index contributed by atoms with van der Waals surface area (Å²) in [5.74, 6) is 0.999. The van der Waals surface area contributed by atoms with Crippen molar-refractivity contribution in [3.63, 3.8) is 0 Å². The fourth-order valence-electron chi connectivity index (χ4n) is 3.59. The summed E-state index contributed by atoms with van der Waals surface area (Å²) in [5, 5.41) is 0. The molecule has 0 fully saturated rings. The van der Waals surface area contributed by atoms with E-state index >= 15 is 0 Å². The molecule has 32 heavy (non-hydrogen) atoms. The lowest BCUT2D eigenvalue weighted by Crippen LogP contribution is -2.28. The van der Waals surface area contributed by atoms with E-state index in [9.17, 15) is 0 Å². The molecule has 177 valence electrons. The lowest BCUT2D eigenvalue weighted by Gasteiger charge is -2.28. The van der Waals surface area contributed by atoms with Gasteiger partial charge in [-0.15, -0.1) is 12.6 Å². The van der Waals surface area contributed by atoms with E-state index in [0.29, 0.717) is 0 Å². The lowest BCUT2D eigenvalue weighted by atomic mass is 9.80. The van der Waals surface area contributed by atoms with Gasteiger partial charge in [-0.2, -0.15) is 0 Å². The van der Waals surface area contributed by atoms with E-state index < -0.39 is 9.28 Å². The highest BCUT2D eigenvalue weighted by Gasteiger charge is 2.26. The second kappa shape index (κ2) is 12.3. The standard InChI is InChI=1S/C28H43O2SSi/c1-8-9-18-29-32(19-11-10-13-22-14-12-15-24(31)20-22)30-26-17-16-23(27(2,3)4)21-25(26)28(5,6)7/h12,14-17,20-21,31H,8-11,13,18-19H2,1-7H3. The van der Waals surface area contributed by atoms with Crippen LogP contribution >= 0.6 is 12.6 Å². The Morgan fingerprint density at radius 1 is 0.875 bits per heavy atom. The van der Waals surface area contributed by atoms with Crippen molar-refractivity contribution in [2.45, 2.75) is 102 Å². The molecule has 0 saturated carbocycles. The van der Waals surface area contributed by atoms with Gasteiger partial charge in [0.25, 0.3) is 0 Å². The van der Waals surface area contributed by atoms with E-state index in [-0.39, 0.29) is 10.8 Å². The normalized spacial score (nSPS) is 12.4. The SMILES string of the molecule is CCCCO[Si](CCCCc1cccc(S)c1)Oc1ccc(C(C)(C)C)cc1C(C)(C)C. The number of thiol groups is 1. The number of rotatable bonds is 11. The fraction of sp³-hybridized carbons (Fsp3) is 0.571. The van der Waals surface area contributed by atoms with E-state index in [1.807, 2.05) is 6.07 Å². The minimum atomic E-state index is -1.38. The highest BCUT2D eigenvalue weighted by atomic mass is 32.1. The first-order valence-corrected chi connectivity index (χ1v) is 14.1. The third-order valence-electron chi connectivity index (χ3n) is 5.65. The topological polar surface area (TPSA) is 18.5 Å². The quantitative estimate of drug-likeness (QED) is 0.202. The molecule has 0 bridgehead atoms. The minimum absolute atomic E-state index is 0.0187. The van der Waals surface area contributed by atoms with E-state index in [4.69, 9.17) is 8.85 Å². The number of hydrogen-bond donors (Lipinski definition) is 1. The summed E-state index contributed by atoms with van der Waals surface area (Å²) in [5.41, 5.74) is 4.12. The van der Waals surface area contributed by atoms with Crippen LogP contribution in [0.5, 0.6) is 5.75 Å². The van der Waals surface area contributed by atoms with Crippen molar-refractivity contribution in [1.29, 1.82) is 0 Å². The van der Waals surface area contributed by atoms with Crippen LogP contribution in [-0.2, 0) is 21.7 Å². The summed E-state index contributed by atoms with van der Waals surface area (Å²) in [4.78, 5) is 1.03. The van der Waals surface area contributed by atoms with Gasteiger partial charge in [0, 0.05) is 17.5 Å². The molecular formula is C28H43O2SSi. The van der Waals surface area contributed by atoms with Gasteiger partial charge in [-0.1, -0.05) is 79.2 Å². The highest BCUT2D eigenvalue weighted by molar-refractivity contribution is 7.80. The van der Waals surface area contributed by atoms with Crippen molar-refractivity contribution in [3.05, 3.63) is 59.2 Å². The largest absolute Gasteiger partial charge is 0.518 e. The molecule has 1 radical (unpaired) electrons. The zero-order valence-electron chi connectivity index (χ0n) is 21.3. The Bertz CT molecular complexity index is 836. The van der Waals surface area contributed by atoms with Crippen LogP contribution < -0.4 is 4.43 Å². The first-order valence-electron chi connectivity index (χ1n) is 12.1. The molecule has 2 aromatic carbocycles. The van der Waals surface area contributed by atoms with Gasteiger partial charge in [-0.05, 0) is 71.4 Å². The maximum atomic E-state index is 6.63. The Hall–Kier alpha value is -1.23. The van der Waals surface area contributed by atoms with Crippen LogP contribution in [-0.4, -0.2) is 15.9 Å². The monoisotopic (exact) mass is 471 g/mol. The predicted octanol–water partition coefficient (Wildman–Crippen LogP) is 8.28. The third kappa shape index (κ3) is 8.96. The summed E-state index contributed by atoms with van der Waals surface area (Å²) in [6.07, 6.45) is 5.55. The van der Waals surface area contributed by atoms with Crippen molar-refractivity contribution >= 4 is 21.9 Å². The van der Waals surface area contributed by atoms with Crippen molar-refractivity contribution in [1.82, 2.24) is 0 Å². The molecule has 0 unspecified atom stereocenters. The van der Waals surface area contributed by atoms with Crippen molar-refractivity contribution in [2.24, 2.45) is 0 Å². The second-order valence-electron chi connectivity index (χ2n) is 10.8. The number of unbranched alkanes of at least 4 members (excludes halogenated alkanes) is 2. The maximum absolute atomic E-state index is 6.63. The summed E-state index contributed by atoms with van der Waals surface area (Å²) in [7, 11) is -1.38. The molecule has 0 aliphatic heterocycles. The summed E-state index contributed by atoms with van der Waals surface area (Å²) < 4.78 is 12.9. The molecular weight excluding hydrogens is 428 g/mol. The van der Waals surface area contributed by atoms with Crippen LogP contribution in [0.4, 0.5) is 0 Å². The summed E-state index contributed by atoms with van der Waals surface area (Å²) in [6, 6.07) is 16.2. The third-order valence-corrected chi connectivity index (χ3v) is 7.66. The average molecular weight is 472 g/mol. The number of benzene rings is 2. The Kier molecular flexibility index (Phi) is 10.4. The Balaban J connectivity index is 2.09. The van der Waals surface area contributed by atoms with Gasteiger partial charge in [0.15, 0.2) is 0 Å². The second-order valence-corrected chi connectivity index (χ2v) is 13.0. The van der Waals surface area contributed by atoms with Gasteiger partial charge in [0.1, 0.15) is 5.75 Å². The maximum Gasteiger partial charge on any atom is 0.457 e. The molecule has 4 heteroatoms. The van der Waals surface area contributed by atoms with E-state index in [2.05, 4.69) is 97.5 Å². The molecule has 0 atom stereocenters. The van der Waals surface area contributed by atoms with E-state index in [1.54, 1.807) is 0 Å². The van der Waals surface area contributed by atoms with Crippen LogP contribution in [0.2, 0.25) is 6.04 Å². The van der Waals surface area contributed by atoms with Gasteiger partial charge in [-0.3, -0.25) is 0 Å². The molecule has 0 spiro atoms. The van der Waals surface area contributed by atoms with Gasteiger partial charge in [0.2, 0.25) is 0 Å². The molecule has 0 saturated heterocycles. The van der Waals surface area contributed by atoms with E-state index in [1.165, 1.54) is 16.7 Å². The molecule has 0 N–H and O–H groups in total. The van der Waals surface area contributed by atoms with Crippen molar-refractivity contribution in [3.8, 4) is 5.75 Å². The zero-order valence-corrected chi connectivity index (χ0v) is 23.1. The molecule has 0 aliphatic carbocycles. The van der Waals surface area contributed by atoms with Gasteiger partial charge >= 0.3 is 9.28 Å². The van der Waals surface area contributed by atoms with Crippen LogP contribution in [0.25, 0.3) is 0 Å². The Morgan fingerprint density at radius 2 is 1.62 bits per heavy atom. The smallest absolute Gasteiger partial charge is 0.457 e. The van der Waals surface area contributed by atoms with Crippen LogP contribution in [0, 0.1) is 0 Å². The molecule has 0 heterocycles. The molecule has 0 aliphatic rings. The van der Waals surface area contributed by atoms with Crippen molar-refractivity contribution in [2.75, 3.05) is 6.61 Å². The molecule has 2 aromatic rings. The highest BCUT2D eigenvalue weighted by Crippen LogP contribution is 2.36. The molecule has 0 aromatic heterocycles. The zero-order chi connectivity index (χ0) is 23.8. The summed E-state index contributed by atoms with van der Waals surface area (Å²) in [6.45, 7) is 16.6. The molecule has 0 amide bonds. The average Bonchev–Trinajstić information content (AvgIpc) is 2.70. The number of aryl methyl sites for hydroxylation is 1. The summed E-state index contributed by atoms with van der Waals surface area (Å²) >= 11 is 4.46. The first kappa shape index (κ1) is 27.0. The van der Waals surface area contributed by atoms with Gasteiger partial charge in [0.05, 0.1) is 0 Å². The van der Waals surface area contributed by atoms with Gasteiger partial charge in [-0.25, -0.2) is 0 Å². The van der Waals surface area contributed by atoms with E-state index in [0.717, 1.165) is 55.4 Å².